The first-order chi connectivity index (χ1) is 10.3. The molecule has 0 atom stereocenters. The molecule has 2 rings (SSSR count). The largest absolute Gasteiger partial charge is 0.417 e. The SMILES string of the molecule is Cn1cc(C(=O)NCCc2ncc(C(F)(F)F)cc2Cl)cn1. The Bertz CT molecular complexity index is 684. The molecule has 0 radical (unpaired) electrons. The fourth-order valence-corrected chi connectivity index (χ4v) is 2.00. The number of halogens is 4. The molecule has 2 aromatic heterocycles. The Morgan fingerprint density at radius 2 is 2.14 bits per heavy atom. The smallest absolute Gasteiger partial charge is 0.352 e. The maximum Gasteiger partial charge on any atom is 0.417 e. The highest BCUT2D eigenvalue weighted by molar-refractivity contribution is 6.31. The number of hydrogen-bond donors (Lipinski definition) is 1. The molecule has 9 heteroatoms. The number of rotatable bonds is 4. The molecule has 1 N–H and O–H groups in total. The summed E-state index contributed by atoms with van der Waals surface area (Å²) in [6.07, 6.45) is -0.561. The van der Waals surface area contributed by atoms with Crippen molar-refractivity contribution in [2.75, 3.05) is 6.54 Å². The normalized spacial score (nSPS) is 11.5. The Morgan fingerprint density at radius 3 is 2.68 bits per heavy atom. The highest BCUT2D eigenvalue weighted by Gasteiger charge is 2.31. The maximum atomic E-state index is 12.5. The first kappa shape index (κ1) is 16.3. The summed E-state index contributed by atoms with van der Waals surface area (Å²) in [6.45, 7) is 0.200. The van der Waals surface area contributed by atoms with Crippen LogP contribution in [0.25, 0.3) is 0 Å². The summed E-state index contributed by atoms with van der Waals surface area (Å²) in [5, 5.41) is 6.41. The number of aromatic nitrogens is 3. The van der Waals surface area contributed by atoms with Crippen LogP contribution in [0.3, 0.4) is 0 Å². The predicted molar refractivity (Wildman–Crippen MR) is 73.5 cm³/mol. The lowest BCUT2D eigenvalue weighted by molar-refractivity contribution is -0.137. The monoisotopic (exact) mass is 332 g/mol. The van der Waals surface area contributed by atoms with Crippen molar-refractivity contribution in [3.05, 3.63) is 46.5 Å². The van der Waals surface area contributed by atoms with E-state index in [-0.39, 0.29) is 23.9 Å². The van der Waals surface area contributed by atoms with Gasteiger partial charge in [-0.3, -0.25) is 14.5 Å². The highest BCUT2D eigenvalue weighted by atomic mass is 35.5. The zero-order valence-electron chi connectivity index (χ0n) is 11.5. The minimum Gasteiger partial charge on any atom is -0.352 e. The van der Waals surface area contributed by atoms with E-state index in [1.807, 2.05) is 0 Å². The zero-order chi connectivity index (χ0) is 16.3. The number of alkyl halides is 3. The molecule has 22 heavy (non-hydrogen) atoms. The van der Waals surface area contributed by atoms with Gasteiger partial charge in [0, 0.05) is 32.4 Å². The molecular formula is C13H12ClF3N4O. The molecule has 0 bridgehead atoms. The third kappa shape index (κ3) is 3.97. The fourth-order valence-electron chi connectivity index (χ4n) is 1.74. The van der Waals surface area contributed by atoms with Gasteiger partial charge in [0.25, 0.3) is 5.91 Å². The number of pyridine rings is 1. The number of aryl methyl sites for hydroxylation is 1. The van der Waals surface area contributed by atoms with Crippen molar-refractivity contribution < 1.29 is 18.0 Å². The van der Waals surface area contributed by atoms with Crippen LogP contribution in [0.2, 0.25) is 5.02 Å². The summed E-state index contributed by atoms with van der Waals surface area (Å²) in [4.78, 5) is 15.5. The molecule has 0 fully saturated rings. The van der Waals surface area contributed by atoms with Gasteiger partial charge < -0.3 is 5.32 Å². The van der Waals surface area contributed by atoms with Crippen LogP contribution in [-0.4, -0.2) is 27.2 Å². The summed E-state index contributed by atoms with van der Waals surface area (Å²) < 4.78 is 38.9. The van der Waals surface area contributed by atoms with E-state index in [4.69, 9.17) is 11.6 Å². The Hall–Kier alpha value is -2.09. The van der Waals surface area contributed by atoms with Crippen molar-refractivity contribution in [2.24, 2.45) is 7.05 Å². The van der Waals surface area contributed by atoms with Gasteiger partial charge in [0.1, 0.15) is 0 Å². The van der Waals surface area contributed by atoms with E-state index in [0.717, 1.165) is 12.3 Å². The highest BCUT2D eigenvalue weighted by Crippen LogP contribution is 2.31. The number of carbonyl (C=O) groups is 1. The Morgan fingerprint density at radius 1 is 1.41 bits per heavy atom. The van der Waals surface area contributed by atoms with Crippen LogP contribution < -0.4 is 5.32 Å². The maximum absolute atomic E-state index is 12.5. The van der Waals surface area contributed by atoms with Gasteiger partial charge in [-0.1, -0.05) is 11.6 Å². The molecule has 118 valence electrons. The molecule has 1 amide bonds. The van der Waals surface area contributed by atoms with Gasteiger partial charge >= 0.3 is 6.18 Å². The second-order valence-corrected chi connectivity index (χ2v) is 4.97. The van der Waals surface area contributed by atoms with Crippen molar-refractivity contribution in [3.63, 3.8) is 0 Å². The van der Waals surface area contributed by atoms with Crippen molar-refractivity contribution >= 4 is 17.5 Å². The molecule has 2 heterocycles. The fraction of sp³-hybridized carbons (Fsp3) is 0.308. The summed E-state index contributed by atoms with van der Waals surface area (Å²) in [6, 6.07) is 0.826. The first-order valence-corrected chi connectivity index (χ1v) is 6.63. The van der Waals surface area contributed by atoms with E-state index in [2.05, 4.69) is 15.4 Å². The molecule has 0 aliphatic heterocycles. The van der Waals surface area contributed by atoms with E-state index >= 15 is 0 Å². The van der Waals surface area contributed by atoms with Crippen LogP contribution >= 0.6 is 11.6 Å². The van der Waals surface area contributed by atoms with Gasteiger partial charge in [-0.05, 0) is 6.07 Å². The summed E-state index contributed by atoms with van der Waals surface area (Å²) in [5.41, 5.74) is -0.212. The Labute approximate surface area is 129 Å². The van der Waals surface area contributed by atoms with Gasteiger partial charge in [-0.15, -0.1) is 0 Å². The minimum atomic E-state index is -4.48. The van der Waals surface area contributed by atoms with Crippen molar-refractivity contribution in [1.82, 2.24) is 20.1 Å². The summed E-state index contributed by atoms with van der Waals surface area (Å²) in [7, 11) is 1.68. The topological polar surface area (TPSA) is 59.8 Å². The third-order valence-electron chi connectivity index (χ3n) is 2.86. The standard InChI is InChI=1S/C13H12ClF3N4O/c1-21-7-8(5-20-21)12(22)18-3-2-11-10(14)4-9(6-19-11)13(15,16)17/h4-7H,2-3H2,1H3,(H,18,22). The molecule has 0 unspecified atom stereocenters. The average Bonchev–Trinajstić information content (AvgIpc) is 2.86. The quantitative estimate of drug-likeness (QED) is 0.935. The van der Waals surface area contributed by atoms with Crippen molar-refractivity contribution in [3.8, 4) is 0 Å². The second-order valence-electron chi connectivity index (χ2n) is 4.56. The average molecular weight is 333 g/mol. The van der Waals surface area contributed by atoms with Crippen LogP contribution in [0.1, 0.15) is 21.6 Å². The van der Waals surface area contributed by atoms with Gasteiger partial charge in [0.15, 0.2) is 0 Å². The van der Waals surface area contributed by atoms with Crippen LogP contribution in [0.4, 0.5) is 13.2 Å². The van der Waals surface area contributed by atoms with E-state index in [9.17, 15) is 18.0 Å². The number of amides is 1. The predicted octanol–water partition coefficient (Wildman–Crippen LogP) is 2.46. The molecule has 0 aliphatic carbocycles. The van der Waals surface area contributed by atoms with Gasteiger partial charge in [-0.2, -0.15) is 18.3 Å². The van der Waals surface area contributed by atoms with Gasteiger partial charge in [0.05, 0.1) is 28.0 Å². The summed E-state index contributed by atoms with van der Waals surface area (Å²) in [5.74, 6) is -0.323. The van der Waals surface area contributed by atoms with E-state index < -0.39 is 11.7 Å². The van der Waals surface area contributed by atoms with Gasteiger partial charge in [0.2, 0.25) is 0 Å². The van der Waals surface area contributed by atoms with Crippen LogP contribution in [0.5, 0.6) is 0 Å². The molecular weight excluding hydrogens is 321 g/mol. The first-order valence-electron chi connectivity index (χ1n) is 6.26. The number of hydrogen-bond acceptors (Lipinski definition) is 3. The number of carbonyl (C=O) groups excluding carboxylic acids is 1. The van der Waals surface area contributed by atoms with Crippen LogP contribution in [0, 0.1) is 0 Å². The van der Waals surface area contributed by atoms with Crippen LogP contribution in [-0.2, 0) is 19.6 Å². The molecule has 5 nitrogen and oxygen atoms in total. The zero-order valence-corrected chi connectivity index (χ0v) is 12.2. The summed E-state index contributed by atoms with van der Waals surface area (Å²) >= 11 is 5.78. The molecule has 2 aromatic rings. The molecule has 0 aromatic carbocycles. The molecule has 0 spiro atoms. The molecule has 0 aliphatic rings. The minimum absolute atomic E-state index is 0.0783. The van der Waals surface area contributed by atoms with E-state index in [0.29, 0.717) is 11.3 Å². The third-order valence-corrected chi connectivity index (χ3v) is 3.19. The second kappa shape index (κ2) is 6.35. The lowest BCUT2D eigenvalue weighted by Crippen LogP contribution is -2.25. The van der Waals surface area contributed by atoms with E-state index in [1.54, 1.807) is 13.2 Å². The lowest BCUT2D eigenvalue weighted by atomic mass is 10.2. The number of nitrogens with zero attached hydrogens (tertiary/aromatic N) is 3. The Balaban J connectivity index is 1.93. The molecule has 0 saturated heterocycles. The van der Waals surface area contributed by atoms with Crippen LogP contribution in [0.15, 0.2) is 24.7 Å². The van der Waals surface area contributed by atoms with E-state index in [1.165, 1.54) is 10.9 Å². The van der Waals surface area contributed by atoms with Gasteiger partial charge in [-0.25, -0.2) is 0 Å². The number of nitrogens with one attached hydrogen (secondary N) is 1. The van der Waals surface area contributed by atoms with Crippen molar-refractivity contribution in [1.29, 1.82) is 0 Å². The lowest BCUT2D eigenvalue weighted by Gasteiger charge is -2.09. The molecule has 0 saturated carbocycles. The Kier molecular flexibility index (Phi) is 4.70. The van der Waals surface area contributed by atoms with Crippen molar-refractivity contribution in [2.45, 2.75) is 12.6 Å².